The van der Waals surface area contributed by atoms with Crippen LogP contribution in [-0.2, 0) is 12.7 Å². The minimum absolute atomic E-state index is 0.0864. The van der Waals surface area contributed by atoms with Gasteiger partial charge in [0, 0.05) is 34.6 Å². The minimum Gasteiger partial charge on any atom is -0.350 e. The SMILES string of the molecule is CSc1ccc(N2NC=NC2(c2cn(C)c3ccccc23)C(F)(F)F)cc1. The second-order valence-corrected chi connectivity index (χ2v) is 7.14. The standard InChI is InChI=1S/C19H17F3N4S/c1-25-11-16(15-5-3-4-6-17(15)25)18(19(20,21)22)23-12-24-26(18)13-7-9-14(27-2)10-8-13/h3-12H,1-2H3,(H,23,24). The zero-order chi connectivity index (χ0) is 19.2. The van der Waals surface area contributed by atoms with Crippen LogP contribution in [0.2, 0.25) is 0 Å². The minimum atomic E-state index is -4.64. The Morgan fingerprint density at radius 1 is 1.07 bits per heavy atom. The molecule has 0 aliphatic carbocycles. The van der Waals surface area contributed by atoms with Gasteiger partial charge in [-0.3, -0.25) is 5.43 Å². The number of anilines is 1. The monoisotopic (exact) mass is 390 g/mol. The molecule has 0 amide bonds. The molecule has 2 heterocycles. The number of alkyl halides is 3. The lowest BCUT2D eigenvalue weighted by Gasteiger charge is -2.38. The molecule has 140 valence electrons. The van der Waals surface area contributed by atoms with E-state index >= 15 is 0 Å². The lowest BCUT2D eigenvalue weighted by atomic mass is 9.97. The van der Waals surface area contributed by atoms with Crippen molar-refractivity contribution in [1.29, 1.82) is 0 Å². The molecule has 1 aliphatic rings. The Hall–Kier alpha value is -2.61. The molecule has 1 aliphatic heterocycles. The molecular weight excluding hydrogens is 373 g/mol. The van der Waals surface area contributed by atoms with Crippen LogP contribution < -0.4 is 10.4 Å². The molecule has 4 nitrogen and oxygen atoms in total. The van der Waals surface area contributed by atoms with E-state index < -0.39 is 11.8 Å². The fourth-order valence-electron chi connectivity index (χ4n) is 3.49. The van der Waals surface area contributed by atoms with Gasteiger partial charge < -0.3 is 4.57 Å². The molecule has 0 saturated carbocycles. The van der Waals surface area contributed by atoms with E-state index in [2.05, 4.69) is 10.4 Å². The van der Waals surface area contributed by atoms with Gasteiger partial charge in [-0.2, -0.15) is 13.2 Å². The summed E-state index contributed by atoms with van der Waals surface area (Å²) in [6.07, 6.45) is -0.110. The molecular formula is C19H17F3N4S. The van der Waals surface area contributed by atoms with Gasteiger partial charge in [-0.15, -0.1) is 11.8 Å². The zero-order valence-corrected chi connectivity index (χ0v) is 15.5. The average molecular weight is 390 g/mol. The van der Waals surface area contributed by atoms with Gasteiger partial charge in [-0.25, -0.2) is 10.0 Å². The molecule has 0 saturated heterocycles. The highest BCUT2D eigenvalue weighted by atomic mass is 32.2. The predicted octanol–water partition coefficient (Wildman–Crippen LogP) is 4.67. The molecule has 1 unspecified atom stereocenters. The van der Waals surface area contributed by atoms with Crippen molar-refractivity contribution in [3.8, 4) is 0 Å². The maximum absolute atomic E-state index is 14.5. The zero-order valence-electron chi connectivity index (χ0n) is 14.7. The highest BCUT2D eigenvalue weighted by Crippen LogP contribution is 2.49. The molecule has 0 radical (unpaired) electrons. The third-order valence-corrected chi connectivity index (χ3v) is 5.50. The van der Waals surface area contributed by atoms with Crippen LogP contribution in [0, 0.1) is 0 Å². The summed E-state index contributed by atoms with van der Waals surface area (Å²) in [6, 6.07) is 14.0. The molecule has 1 aromatic heterocycles. The summed E-state index contributed by atoms with van der Waals surface area (Å²) in [5.41, 5.74) is 1.33. The van der Waals surface area contributed by atoms with Crippen molar-refractivity contribution < 1.29 is 13.2 Å². The summed E-state index contributed by atoms with van der Waals surface area (Å²) < 4.78 is 45.2. The van der Waals surface area contributed by atoms with Crippen LogP contribution in [0.5, 0.6) is 0 Å². The number of hydrogen-bond acceptors (Lipinski definition) is 4. The van der Waals surface area contributed by atoms with E-state index in [0.29, 0.717) is 11.1 Å². The van der Waals surface area contributed by atoms with Crippen molar-refractivity contribution in [2.45, 2.75) is 16.7 Å². The summed E-state index contributed by atoms with van der Waals surface area (Å²) in [5, 5.41) is 1.60. The summed E-state index contributed by atoms with van der Waals surface area (Å²) in [5.74, 6) is 0. The first kappa shape index (κ1) is 17.8. The van der Waals surface area contributed by atoms with Crippen LogP contribution >= 0.6 is 11.8 Å². The molecule has 2 aromatic carbocycles. The van der Waals surface area contributed by atoms with Gasteiger partial charge in [0.25, 0.3) is 5.66 Å². The van der Waals surface area contributed by atoms with Crippen molar-refractivity contribution in [3.05, 3.63) is 60.3 Å². The topological polar surface area (TPSA) is 32.6 Å². The summed E-state index contributed by atoms with van der Waals surface area (Å²) >= 11 is 1.53. The number of benzene rings is 2. The average Bonchev–Trinajstić information content (AvgIpc) is 3.24. The number of aliphatic imine (C=N–C) groups is 1. The number of para-hydroxylation sites is 1. The van der Waals surface area contributed by atoms with E-state index in [1.165, 1.54) is 18.0 Å². The largest absolute Gasteiger partial charge is 0.438 e. The van der Waals surface area contributed by atoms with E-state index in [-0.39, 0.29) is 5.56 Å². The molecule has 8 heteroatoms. The Morgan fingerprint density at radius 2 is 1.78 bits per heavy atom. The number of fused-ring (bicyclic) bond motifs is 1. The van der Waals surface area contributed by atoms with Crippen LogP contribution in [0.1, 0.15) is 5.56 Å². The summed E-state index contributed by atoms with van der Waals surface area (Å²) in [6.45, 7) is 0. The van der Waals surface area contributed by atoms with Gasteiger partial charge in [0.1, 0.15) is 6.34 Å². The molecule has 1 atom stereocenters. The molecule has 27 heavy (non-hydrogen) atoms. The van der Waals surface area contributed by atoms with Crippen LogP contribution in [0.25, 0.3) is 10.9 Å². The van der Waals surface area contributed by atoms with E-state index in [1.807, 2.05) is 6.26 Å². The Balaban J connectivity index is 1.95. The smallest absolute Gasteiger partial charge is 0.350 e. The lowest BCUT2D eigenvalue weighted by molar-refractivity contribution is -0.187. The second-order valence-electron chi connectivity index (χ2n) is 6.26. The predicted molar refractivity (Wildman–Crippen MR) is 103 cm³/mol. The molecule has 4 rings (SSSR count). The number of rotatable bonds is 3. The number of aryl methyl sites for hydroxylation is 1. The van der Waals surface area contributed by atoms with Crippen molar-refractivity contribution in [3.63, 3.8) is 0 Å². The second kappa shape index (κ2) is 6.23. The van der Waals surface area contributed by atoms with Crippen LogP contribution in [-0.4, -0.2) is 23.3 Å². The molecule has 0 fully saturated rings. The summed E-state index contributed by atoms with van der Waals surface area (Å²) in [7, 11) is 1.74. The number of hydrogen-bond donors (Lipinski definition) is 1. The molecule has 0 spiro atoms. The van der Waals surface area contributed by atoms with Crippen LogP contribution in [0.15, 0.2) is 64.6 Å². The van der Waals surface area contributed by atoms with E-state index in [0.717, 1.165) is 21.8 Å². The van der Waals surface area contributed by atoms with Gasteiger partial charge >= 0.3 is 6.18 Å². The van der Waals surface area contributed by atoms with E-state index in [4.69, 9.17) is 0 Å². The third-order valence-electron chi connectivity index (χ3n) is 4.76. The number of hydrazine groups is 1. The first-order valence-corrected chi connectivity index (χ1v) is 9.46. The van der Waals surface area contributed by atoms with Crippen LogP contribution in [0.4, 0.5) is 18.9 Å². The van der Waals surface area contributed by atoms with E-state index in [1.54, 1.807) is 60.1 Å². The molecule has 0 bridgehead atoms. The first-order chi connectivity index (χ1) is 12.9. The maximum Gasteiger partial charge on any atom is 0.438 e. The number of nitrogens with zero attached hydrogens (tertiary/aromatic N) is 3. The van der Waals surface area contributed by atoms with Crippen molar-refractivity contribution >= 4 is 34.7 Å². The van der Waals surface area contributed by atoms with Crippen molar-refractivity contribution in [2.24, 2.45) is 12.0 Å². The number of aromatic nitrogens is 1. The van der Waals surface area contributed by atoms with Gasteiger partial charge in [0.15, 0.2) is 0 Å². The van der Waals surface area contributed by atoms with Crippen LogP contribution in [0.3, 0.4) is 0 Å². The highest BCUT2D eigenvalue weighted by Gasteiger charge is 2.63. The Labute approximate surface area is 158 Å². The van der Waals surface area contributed by atoms with Crippen molar-refractivity contribution in [1.82, 2.24) is 9.99 Å². The van der Waals surface area contributed by atoms with Gasteiger partial charge in [0.2, 0.25) is 0 Å². The third kappa shape index (κ3) is 2.58. The Bertz CT molecular complexity index is 1010. The fourth-order valence-corrected chi connectivity index (χ4v) is 3.89. The fraction of sp³-hybridized carbons (Fsp3) is 0.211. The van der Waals surface area contributed by atoms with E-state index in [9.17, 15) is 13.2 Å². The van der Waals surface area contributed by atoms with Crippen molar-refractivity contribution in [2.75, 3.05) is 11.3 Å². The molecule has 1 N–H and O–H groups in total. The van der Waals surface area contributed by atoms with Gasteiger partial charge in [-0.05, 0) is 36.6 Å². The van der Waals surface area contributed by atoms with Gasteiger partial charge in [0.05, 0.1) is 5.69 Å². The number of halogens is 3. The lowest BCUT2D eigenvalue weighted by Crippen LogP contribution is -2.56. The summed E-state index contributed by atoms with van der Waals surface area (Å²) in [4.78, 5) is 4.89. The Morgan fingerprint density at radius 3 is 2.44 bits per heavy atom. The first-order valence-electron chi connectivity index (χ1n) is 8.24. The Kier molecular flexibility index (Phi) is 4.10. The number of thioether (sulfide) groups is 1. The normalized spacial score (nSPS) is 19.7. The van der Waals surface area contributed by atoms with Gasteiger partial charge in [-0.1, -0.05) is 18.2 Å². The maximum atomic E-state index is 14.5. The highest BCUT2D eigenvalue weighted by molar-refractivity contribution is 7.98. The number of nitrogens with one attached hydrogen (secondary N) is 1. The molecule has 3 aromatic rings. The quantitative estimate of drug-likeness (QED) is 0.660.